The molecule has 0 bridgehead atoms. The molecule has 2 atom stereocenters. The van der Waals surface area contributed by atoms with Gasteiger partial charge in [-0.15, -0.1) is 0 Å². The van der Waals surface area contributed by atoms with Crippen molar-refractivity contribution in [1.82, 2.24) is 19.5 Å². The van der Waals surface area contributed by atoms with E-state index in [4.69, 9.17) is 10.5 Å². The zero-order valence-corrected chi connectivity index (χ0v) is 9.92. The van der Waals surface area contributed by atoms with E-state index in [0.717, 1.165) is 18.5 Å². The van der Waals surface area contributed by atoms with E-state index in [1.54, 1.807) is 6.33 Å². The summed E-state index contributed by atoms with van der Waals surface area (Å²) < 4.78 is 7.76. The van der Waals surface area contributed by atoms with Crippen molar-refractivity contribution in [2.24, 2.45) is 0 Å². The number of nitrogens with two attached hydrogens (primary N) is 1. The third kappa shape index (κ3) is 1.64. The zero-order chi connectivity index (χ0) is 12.0. The van der Waals surface area contributed by atoms with E-state index in [1.807, 2.05) is 11.5 Å². The van der Waals surface area contributed by atoms with Gasteiger partial charge in [0.15, 0.2) is 11.5 Å². The summed E-state index contributed by atoms with van der Waals surface area (Å²) in [6.07, 6.45) is 4.08. The Morgan fingerprint density at radius 1 is 1.41 bits per heavy atom. The van der Waals surface area contributed by atoms with Crippen LogP contribution in [0.4, 0.5) is 5.82 Å². The molecule has 0 amide bonds. The van der Waals surface area contributed by atoms with Crippen LogP contribution in [0.5, 0.6) is 0 Å². The average Bonchev–Trinajstić information content (AvgIpc) is 2.83. The fourth-order valence-electron chi connectivity index (χ4n) is 2.25. The van der Waals surface area contributed by atoms with Crippen molar-refractivity contribution < 1.29 is 4.74 Å². The molecule has 2 N–H and O–H groups in total. The van der Waals surface area contributed by atoms with Crippen molar-refractivity contribution in [1.29, 1.82) is 0 Å². The highest BCUT2D eigenvalue weighted by molar-refractivity contribution is 5.81. The van der Waals surface area contributed by atoms with Gasteiger partial charge in [0.2, 0.25) is 0 Å². The van der Waals surface area contributed by atoms with Gasteiger partial charge in [0, 0.05) is 0 Å². The fourth-order valence-corrected chi connectivity index (χ4v) is 2.25. The van der Waals surface area contributed by atoms with Gasteiger partial charge < -0.3 is 10.5 Å². The number of rotatable bonds is 1. The first-order valence-electron chi connectivity index (χ1n) is 5.77. The largest absolute Gasteiger partial charge is 0.382 e. The summed E-state index contributed by atoms with van der Waals surface area (Å²) in [6.45, 7) is 3.90. The number of nitrogen functional groups attached to an aromatic ring is 1. The lowest BCUT2D eigenvalue weighted by Gasteiger charge is -2.13. The molecule has 0 aliphatic carbocycles. The summed E-state index contributed by atoms with van der Waals surface area (Å²) in [6, 6.07) is 0. The van der Waals surface area contributed by atoms with Crippen molar-refractivity contribution in [2.75, 3.05) is 5.73 Å². The predicted octanol–water partition coefficient (Wildman–Crippen LogP) is 1.41. The van der Waals surface area contributed by atoms with Crippen molar-refractivity contribution in [3.05, 3.63) is 12.2 Å². The van der Waals surface area contributed by atoms with Crippen LogP contribution in [0.2, 0.25) is 0 Å². The SMILES string of the molecule is Cc1nc(N)c2ncn(C3CCC(C)O3)c2n1. The number of hydrogen-bond acceptors (Lipinski definition) is 5. The minimum atomic E-state index is 0.0173. The molecule has 90 valence electrons. The highest BCUT2D eigenvalue weighted by Crippen LogP contribution is 2.30. The minimum absolute atomic E-state index is 0.0173. The number of anilines is 1. The van der Waals surface area contributed by atoms with Gasteiger partial charge in [0.25, 0.3) is 0 Å². The first-order chi connectivity index (χ1) is 8.15. The standard InChI is InChI=1S/C11H15N5O/c1-6-3-4-8(17-6)16-5-13-9-10(12)14-7(2)15-11(9)16/h5-6,8H,3-4H2,1-2H3,(H2,12,14,15). The average molecular weight is 233 g/mol. The summed E-state index contributed by atoms with van der Waals surface area (Å²) in [5, 5.41) is 0. The lowest BCUT2D eigenvalue weighted by Crippen LogP contribution is -2.09. The maximum absolute atomic E-state index is 5.83. The van der Waals surface area contributed by atoms with Crippen molar-refractivity contribution in [3.63, 3.8) is 0 Å². The molecule has 1 saturated heterocycles. The quantitative estimate of drug-likeness (QED) is 0.805. The predicted molar refractivity (Wildman–Crippen MR) is 63.3 cm³/mol. The van der Waals surface area contributed by atoms with Crippen LogP contribution in [0.15, 0.2) is 6.33 Å². The van der Waals surface area contributed by atoms with Gasteiger partial charge in [-0.3, -0.25) is 4.57 Å². The fraction of sp³-hybridized carbons (Fsp3) is 0.545. The number of nitrogens with zero attached hydrogens (tertiary/aromatic N) is 4. The van der Waals surface area contributed by atoms with Crippen molar-refractivity contribution in [3.8, 4) is 0 Å². The molecular formula is C11H15N5O. The van der Waals surface area contributed by atoms with E-state index in [1.165, 1.54) is 0 Å². The van der Waals surface area contributed by atoms with Crippen LogP contribution in [-0.2, 0) is 4.74 Å². The molecule has 1 aliphatic heterocycles. The molecule has 1 fully saturated rings. The van der Waals surface area contributed by atoms with Gasteiger partial charge in [0.1, 0.15) is 17.6 Å². The van der Waals surface area contributed by atoms with E-state index in [2.05, 4.69) is 21.9 Å². The minimum Gasteiger partial charge on any atom is -0.382 e. The second kappa shape index (κ2) is 3.66. The van der Waals surface area contributed by atoms with Crippen LogP contribution in [0.1, 0.15) is 31.8 Å². The van der Waals surface area contributed by atoms with Gasteiger partial charge in [-0.2, -0.15) is 0 Å². The molecule has 2 aromatic rings. The van der Waals surface area contributed by atoms with E-state index in [0.29, 0.717) is 17.2 Å². The van der Waals surface area contributed by atoms with Crippen LogP contribution in [0.25, 0.3) is 11.2 Å². The van der Waals surface area contributed by atoms with Crippen LogP contribution >= 0.6 is 0 Å². The topological polar surface area (TPSA) is 78.8 Å². The first kappa shape index (κ1) is 10.5. The maximum Gasteiger partial charge on any atom is 0.167 e. The first-order valence-corrected chi connectivity index (χ1v) is 5.77. The van der Waals surface area contributed by atoms with Gasteiger partial charge in [-0.05, 0) is 26.7 Å². The Balaban J connectivity index is 2.11. The van der Waals surface area contributed by atoms with Crippen LogP contribution in [0, 0.1) is 6.92 Å². The Kier molecular flexibility index (Phi) is 2.25. The van der Waals surface area contributed by atoms with Crippen LogP contribution in [0.3, 0.4) is 0 Å². The van der Waals surface area contributed by atoms with Crippen LogP contribution < -0.4 is 5.73 Å². The zero-order valence-electron chi connectivity index (χ0n) is 9.92. The Morgan fingerprint density at radius 2 is 2.24 bits per heavy atom. The second-order valence-electron chi connectivity index (χ2n) is 4.46. The smallest absolute Gasteiger partial charge is 0.167 e. The van der Waals surface area contributed by atoms with E-state index in [9.17, 15) is 0 Å². The van der Waals surface area contributed by atoms with Crippen LogP contribution in [-0.4, -0.2) is 25.6 Å². The monoisotopic (exact) mass is 233 g/mol. The molecule has 0 aromatic carbocycles. The number of hydrogen-bond donors (Lipinski definition) is 1. The molecule has 3 heterocycles. The molecule has 0 radical (unpaired) electrons. The van der Waals surface area contributed by atoms with E-state index < -0.39 is 0 Å². The number of fused-ring (bicyclic) bond motifs is 1. The lowest BCUT2D eigenvalue weighted by molar-refractivity contribution is 0.0131. The highest BCUT2D eigenvalue weighted by atomic mass is 16.5. The third-order valence-corrected chi connectivity index (χ3v) is 3.08. The lowest BCUT2D eigenvalue weighted by atomic mass is 10.2. The number of aromatic nitrogens is 4. The summed E-state index contributed by atoms with van der Waals surface area (Å²) in [5.41, 5.74) is 7.24. The molecule has 2 unspecified atom stereocenters. The third-order valence-electron chi connectivity index (χ3n) is 3.08. The second-order valence-corrected chi connectivity index (χ2v) is 4.46. The Labute approximate surface area is 98.8 Å². The molecule has 1 aliphatic rings. The van der Waals surface area contributed by atoms with E-state index >= 15 is 0 Å². The van der Waals surface area contributed by atoms with Gasteiger partial charge in [-0.25, -0.2) is 15.0 Å². The van der Waals surface area contributed by atoms with Gasteiger partial charge >= 0.3 is 0 Å². The molecule has 17 heavy (non-hydrogen) atoms. The number of ether oxygens (including phenoxy) is 1. The summed E-state index contributed by atoms with van der Waals surface area (Å²) in [4.78, 5) is 12.8. The maximum atomic E-state index is 5.83. The molecule has 6 nitrogen and oxygen atoms in total. The Hall–Kier alpha value is -1.69. The Bertz CT molecular complexity index is 564. The molecule has 3 rings (SSSR count). The Morgan fingerprint density at radius 3 is 2.94 bits per heavy atom. The number of aryl methyl sites for hydroxylation is 1. The summed E-state index contributed by atoms with van der Waals surface area (Å²) >= 11 is 0. The number of imidazole rings is 1. The highest BCUT2D eigenvalue weighted by Gasteiger charge is 2.25. The summed E-state index contributed by atoms with van der Waals surface area (Å²) in [7, 11) is 0. The van der Waals surface area contributed by atoms with Crippen molar-refractivity contribution in [2.45, 2.75) is 39.0 Å². The van der Waals surface area contributed by atoms with E-state index in [-0.39, 0.29) is 12.3 Å². The summed E-state index contributed by atoms with van der Waals surface area (Å²) in [5.74, 6) is 1.08. The molecule has 0 saturated carbocycles. The molecule has 6 heteroatoms. The molecule has 2 aromatic heterocycles. The van der Waals surface area contributed by atoms with Crippen molar-refractivity contribution >= 4 is 17.0 Å². The molecular weight excluding hydrogens is 218 g/mol. The van der Waals surface area contributed by atoms with Gasteiger partial charge in [0.05, 0.1) is 12.4 Å². The normalized spacial score (nSPS) is 24.6. The molecule has 0 spiro atoms. The van der Waals surface area contributed by atoms with Gasteiger partial charge in [-0.1, -0.05) is 0 Å².